The summed E-state index contributed by atoms with van der Waals surface area (Å²) >= 11 is 0. The first-order valence-electron chi connectivity index (χ1n) is 10.1. The molecule has 5 rings (SSSR count). The second-order valence-electron chi connectivity index (χ2n) is 8.22. The van der Waals surface area contributed by atoms with Crippen molar-refractivity contribution in [2.24, 2.45) is 5.92 Å². The monoisotopic (exact) mass is 375 g/mol. The van der Waals surface area contributed by atoms with Gasteiger partial charge < -0.3 is 4.57 Å². The highest BCUT2D eigenvalue weighted by atomic mass is 16.1. The van der Waals surface area contributed by atoms with E-state index >= 15 is 0 Å². The minimum atomic E-state index is 0.0686. The van der Waals surface area contributed by atoms with E-state index in [9.17, 15) is 4.79 Å². The first-order valence-corrected chi connectivity index (χ1v) is 10.1. The van der Waals surface area contributed by atoms with Gasteiger partial charge in [-0.1, -0.05) is 13.8 Å². The fourth-order valence-corrected chi connectivity index (χ4v) is 4.04. The molecule has 0 atom stereocenters. The van der Waals surface area contributed by atoms with Gasteiger partial charge in [-0.2, -0.15) is 0 Å². The van der Waals surface area contributed by atoms with Gasteiger partial charge in [0, 0.05) is 36.1 Å². The number of pyridine rings is 2. The zero-order valence-electron chi connectivity index (χ0n) is 16.4. The van der Waals surface area contributed by atoms with Crippen molar-refractivity contribution >= 4 is 22.1 Å². The average molecular weight is 375 g/mol. The smallest absolute Gasteiger partial charge is 0.328 e. The molecule has 0 spiro atoms. The highest BCUT2D eigenvalue weighted by Gasteiger charge is 2.29. The number of nitrogens with zero attached hydrogens (tertiary/aromatic N) is 5. The summed E-state index contributed by atoms with van der Waals surface area (Å²) in [6.45, 7) is 5.91. The molecule has 0 aromatic carbocycles. The lowest BCUT2D eigenvalue weighted by molar-refractivity contribution is 0.509. The number of aromatic nitrogens is 5. The maximum atomic E-state index is 13.2. The maximum Gasteiger partial charge on any atom is 0.329 e. The Kier molecular flexibility index (Phi) is 4.07. The lowest BCUT2D eigenvalue weighted by Crippen LogP contribution is -2.25. The molecule has 6 nitrogen and oxygen atoms in total. The summed E-state index contributed by atoms with van der Waals surface area (Å²) in [5.41, 5.74) is 4.09. The van der Waals surface area contributed by atoms with Gasteiger partial charge in [0.15, 0.2) is 0 Å². The molecule has 0 aliphatic heterocycles. The Morgan fingerprint density at radius 2 is 2.00 bits per heavy atom. The van der Waals surface area contributed by atoms with Crippen LogP contribution in [-0.2, 0) is 13.1 Å². The Morgan fingerprint density at radius 1 is 1.14 bits per heavy atom. The lowest BCUT2D eigenvalue weighted by Gasteiger charge is -2.12. The van der Waals surface area contributed by atoms with Crippen molar-refractivity contribution in [3.8, 4) is 0 Å². The normalized spacial score (nSPS) is 14.5. The van der Waals surface area contributed by atoms with Crippen LogP contribution in [0.15, 0.2) is 47.7 Å². The molecule has 1 aliphatic rings. The van der Waals surface area contributed by atoms with Gasteiger partial charge in [0.2, 0.25) is 0 Å². The number of aryl methyl sites for hydroxylation is 1. The summed E-state index contributed by atoms with van der Waals surface area (Å²) in [4.78, 5) is 22.1. The van der Waals surface area contributed by atoms with Crippen molar-refractivity contribution < 1.29 is 0 Å². The average Bonchev–Trinajstić information content (AvgIpc) is 3.40. The molecule has 1 saturated carbocycles. The van der Waals surface area contributed by atoms with Crippen LogP contribution in [0.2, 0.25) is 0 Å². The van der Waals surface area contributed by atoms with E-state index in [1.54, 1.807) is 6.20 Å². The maximum absolute atomic E-state index is 13.2. The standard InChI is InChI=1S/C22H25N5O/c1-15(2)8-11-25-18(12-16-4-3-9-24-21(16)25)14-26-20-13-23-10-7-19(20)27(22(26)28)17-5-6-17/h3-4,7,9-10,12-13,15,17H,5-6,8,11,14H2,1-2H3. The Hall–Kier alpha value is -2.89. The zero-order chi connectivity index (χ0) is 19.3. The molecule has 144 valence electrons. The summed E-state index contributed by atoms with van der Waals surface area (Å²) in [7, 11) is 0. The number of hydrogen-bond donors (Lipinski definition) is 0. The van der Waals surface area contributed by atoms with Gasteiger partial charge in [0.1, 0.15) is 5.65 Å². The molecule has 0 saturated heterocycles. The van der Waals surface area contributed by atoms with Crippen LogP contribution in [-0.4, -0.2) is 23.7 Å². The molecule has 1 fully saturated rings. The van der Waals surface area contributed by atoms with Crippen molar-refractivity contribution in [1.29, 1.82) is 0 Å². The van der Waals surface area contributed by atoms with E-state index in [0.29, 0.717) is 18.5 Å². The quantitative estimate of drug-likeness (QED) is 0.512. The first-order chi connectivity index (χ1) is 13.6. The Labute approximate surface area is 163 Å². The van der Waals surface area contributed by atoms with Crippen LogP contribution in [0.1, 0.15) is 44.8 Å². The predicted octanol–water partition coefficient (Wildman–Crippen LogP) is 3.98. The number of rotatable bonds is 6. The molecular weight excluding hydrogens is 350 g/mol. The summed E-state index contributed by atoms with van der Waals surface area (Å²) in [6, 6.07) is 8.53. The van der Waals surface area contributed by atoms with Gasteiger partial charge in [-0.25, -0.2) is 9.78 Å². The second kappa shape index (κ2) is 6.62. The lowest BCUT2D eigenvalue weighted by atomic mass is 10.1. The third-order valence-electron chi connectivity index (χ3n) is 5.67. The summed E-state index contributed by atoms with van der Waals surface area (Å²) in [6.07, 6.45) is 8.67. The number of fused-ring (bicyclic) bond motifs is 2. The van der Waals surface area contributed by atoms with E-state index in [2.05, 4.69) is 40.5 Å². The van der Waals surface area contributed by atoms with Crippen LogP contribution in [0.4, 0.5) is 0 Å². The fourth-order valence-electron chi connectivity index (χ4n) is 4.04. The Bertz CT molecular complexity index is 1210. The van der Waals surface area contributed by atoms with Gasteiger partial charge in [-0.05, 0) is 49.4 Å². The molecule has 0 bridgehead atoms. The van der Waals surface area contributed by atoms with E-state index in [1.165, 1.54) is 0 Å². The molecule has 0 unspecified atom stereocenters. The van der Waals surface area contributed by atoms with Crippen LogP contribution in [0.5, 0.6) is 0 Å². The zero-order valence-corrected chi connectivity index (χ0v) is 16.4. The summed E-state index contributed by atoms with van der Waals surface area (Å²) in [5.74, 6) is 0.609. The Balaban J connectivity index is 1.64. The largest absolute Gasteiger partial charge is 0.329 e. The molecule has 6 heteroatoms. The van der Waals surface area contributed by atoms with Crippen molar-refractivity contribution in [3.63, 3.8) is 0 Å². The second-order valence-corrected chi connectivity index (χ2v) is 8.22. The molecule has 0 amide bonds. The topological polar surface area (TPSA) is 57.6 Å². The highest BCUT2D eigenvalue weighted by Crippen LogP contribution is 2.36. The van der Waals surface area contributed by atoms with Crippen LogP contribution < -0.4 is 5.69 Å². The van der Waals surface area contributed by atoms with E-state index in [1.807, 2.05) is 33.7 Å². The Morgan fingerprint density at radius 3 is 2.79 bits per heavy atom. The number of hydrogen-bond acceptors (Lipinski definition) is 3. The van der Waals surface area contributed by atoms with E-state index in [0.717, 1.165) is 53.6 Å². The van der Waals surface area contributed by atoms with Crippen LogP contribution in [0, 0.1) is 5.92 Å². The molecule has 0 N–H and O–H groups in total. The minimum absolute atomic E-state index is 0.0686. The van der Waals surface area contributed by atoms with Gasteiger partial charge in [0.05, 0.1) is 23.8 Å². The van der Waals surface area contributed by atoms with Gasteiger partial charge in [-0.15, -0.1) is 0 Å². The van der Waals surface area contributed by atoms with Crippen LogP contribution in [0.25, 0.3) is 22.1 Å². The fraction of sp³-hybridized carbons (Fsp3) is 0.409. The van der Waals surface area contributed by atoms with E-state index < -0.39 is 0 Å². The minimum Gasteiger partial charge on any atom is -0.328 e. The molecule has 4 aromatic heterocycles. The van der Waals surface area contributed by atoms with Crippen LogP contribution in [0.3, 0.4) is 0 Å². The van der Waals surface area contributed by atoms with Gasteiger partial charge in [0.25, 0.3) is 0 Å². The summed E-state index contributed by atoms with van der Waals surface area (Å²) in [5, 5.41) is 1.12. The number of imidazole rings is 1. The van der Waals surface area contributed by atoms with Crippen molar-refractivity contribution in [2.75, 3.05) is 0 Å². The first kappa shape index (κ1) is 17.2. The van der Waals surface area contributed by atoms with E-state index in [-0.39, 0.29) is 5.69 Å². The van der Waals surface area contributed by atoms with Crippen molar-refractivity contribution in [3.05, 3.63) is 59.0 Å². The predicted molar refractivity (Wildman–Crippen MR) is 111 cm³/mol. The van der Waals surface area contributed by atoms with E-state index in [4.69, 9.17) is 0 Å². The molecule has 4 aromatic rings. The van der Waals surface area contributed by atoms with Gasteiger partial charge >= 0.3 is 5.69 Å². The van der Waals surface area contributed by atoms with Crippen molar-refractivity contribution in [2.45, 2.75) is 52.2 Å². The molecule has 1 aliphatic carbocycles. The van der Waals surface area contributed by atoms with Crippen LogP contribution >= 0.6 is 0 Å². The molecule has 4 heterocycles. The molecule has 0 radical (unpaired) electrons. The SMILES string of the molecule is CC(C)CCn1c(Cn2c(=O)n(C3CC3)c3ccncc32)cc2cccnc21. The third kappa shape index (κ3) is 2.84. The van der Waals surface area contributed by atoms with Gasteiger partial charge in [-0.3, -0.25) is 14.1 Å². The highest BCUT2D eigenvalue weighted by molar-refractivity contribution is 5.78. The molecular formula is C22H25N5O. The molecule has 28 heavy (non-hydrogen) atoms. The summed E-state index contributed by atoms with van der Waals surface area (Å²) < 4.78 is 6.11. The van der Waals surface area contributed by atoms with Crippen molar-refractivity contribution in [1.82, 2.24) is 23.7 Å². The third-order valence-corrected chi connectivity index (χ3v) is 5.67.